The van der Waals surface area contributed by atoms with E-state index in [-0.39, 0.29) is 17.3 Å². The monoisotopic (exact) mass is 312 g/mol. The molecule has 0 bridgehead atoms. The van der Waals surface area contributed by atoms with Crippen LogP contribution in [-0.4, -0.2) is 57.3 Å². The summed E-state index contributed by atoms with van der Waals surface area (Å²) >= 11 is 0. The van der Waals surface area contributed by atoms with Crippen LogP contribution >= 0.6 is 0 Å². The number of ether oxygens (including phenoxy) is 1. The second kappa shape index (κ2) is 5.65. The fourth-order valence-corrected chi connectivity index (χ4v) is 3.81. The molecule has 0 aliphatic carbocycles. The van der Waals surface area contributed by atoms with E-state index in [9.17, 15) is 13.2 Å². The van der Waals surface area contributed by atoms with Crippen LogP contribution in [0, 0.1) is 13.8 Å². The summed E-state index contributed by atoms with van der Waals surface area (Å²) in [7, 11) is -0.627. The molecular weight excluding hydrogens is 292 g/mol. The van der Waals surface area contributed by atoms with Gasteiger partial charge in [0, 0.05) is 20.1 Å². The summed E-state index contributed by atoms with van der Waals surface area (Å²) in [5.41, 5.74) is 1.83. The maximum atomic E-state index is 12.8. The van der Waals surface area contributed by atoms with Crippen LogP contribution in [0.5, 0.6) is 5.75 Å². The minimum absolute atomic E-state index is 0.116. The van der Waals surface area contributed by atoms with Crippen molar-refractivity contribution in [3.05, 3.63) is 23.3 Å². The van der Waals surface area contributed by atoms with Crippen LogP contribution in [0.2, 0.25) is 0 Å². The fourth-order valence-electron chi connectivity index (χ4n) is 2.21. The first-order valence-electron chi connectivity index (χ1n) is 6.66. The van der Waals surface area contributed by atoms with E-state index >= 15 is 0 Å². The van der Waals surface area contributed by atoms with Gasteiger partial charge in [-0.15, -0.1) is 0 Å². The van der Waals surface area contributed by atoms with E-state index in [1.54, 1.807) is 19.2 Å². The van der Waals surface area contributed by atoms with Gasteiger partial charge in [-0.2, -0.15) is 4.31 Å². The van der Waals surface area contributed by atoms with E-state index in [0.29, 0.717) is 18.8 Å². The molecule has 0 N–H and O–H groups in total. The van der Waals surface area contributed by atoms with Crippen molar-refractivity contribution in [3.63, 3.8) is 0 Å². The van der Waals surface area contributed by atoms with Gasteiger partial charge in [0.25, 0.3) is 0 Å². The highest BCUT2D eigenvalue weighted by Crippen LogP contribution is 2.30. The normalized spacial score (nSPS) is 17.1. The predicted molar refractivity (Wildman–Crippen MR) is 78.9 cm³/mol. The van der Waals surface area contributed by atoms with Gasteiger partial charge in [0.2, 0.25) is 15.9 Å². The standard InChI is InChI=1S/C14H20N2O4S/c1-10-7-12(20-4)13(8-11(10)2)21(18,19)16-6-5-15(3)14(17)9-16/h7-8H,5-6,9H2,1-4H3. The number of hydrogen-bond donors (Lipinski definition) is 0. The summed E-state index contributed by atoms with van der Waals surface area (Å²) in [6.45, 7) is 4.30. The molecule has 1 aromatic carbocycles. The van der Waals surface area contributed by atoms with Crippen LogP contribution in [-0.2, 0) is 14.8 Å². The van der Waals surface area contributed by atoms with Gasteiger partial charge < -0.3 is 9.64 Å². The van der Waals surface area contributed by atoms with Gasteiger partial charge in [-0.3, -0.25) is 4.79 Å². The second-order valence-electron chi connectivity index (χ2n) is 5.24. The molecule has 1 amide bonds. The molecule has 0 atom stereocenters. The highest BCUT2D eigenvalue weighted by Gasteiger charge is 2.33. The molecule has 0 saturated carbocycles. The molecule has 1 aliphatic heterocycles. The molecule has 1 saturated heterocycles. The third-order valence-corrected chi connectivity index (χ3v) is 5.69. The zero-order chi connectivity index (χ0) is 15.8. The Morgan fingerprint density at radius 1 is 1.14 bits per heavy atom. The molecule has 0 spiro atoms. The molecule has 6 nitrogen and oxygen atoms in total. The Morgan fingerprint density at radius 3 is 2.33 bits per heavy atom. The van der Waals surface area contributed by atoms with Crippen molar-refractivity contribution in [2.45, 2.75) is 18.7 Å². The number of carbonyl (C=O) groups is 1. The van der Waals surface area contributed by atoms with Crippen molar-refractivity contribution in [1.82, 2.24) is 9.21 Å². The number of piperazine rings is 1. The third-order valence-electron chi connectivity index (χ3n) is 3.82. The quantitative estimate of drug-likeness (QED) is 0.827. The Bertz CT molecular complexity index is 670. The number of likely N-dealkylation sites (N-methyl/N-ethyl adjacent to an activating group) is 1. The average molecular weight is 312 g/mol. The summed E-state index contributed by atoms with van der Waals surface area (Å²) in [6, 6.07) is 3.31. The van der Waals surface area contributed by atoms with Crippen LogP contribution in [0.15, 0.2) is 17.0 Å². The van der Waals surface area contributed by atoms with Crippen LogP contribution in [0.4, 0.5) is 0 Å². The average Bonchev–Trinajstić information content (AvgIpc) is 2.44. The van der Waals surface area contributed by atoms with Crippen molar-refractivity contribution < 1.29 is 17.9 Å². The first-order valence-corrected chi connectivity index (χ1v) is 8.10. The molecular formula is C14H20N2O4S. The molecule has 7 heteroatoms. The maximum Gasteiger partial charge on any atom is 0.247 e. The number of benzene rings is 1. The lowest BCUT2D eigenvalue weighted by Gasteiger charge is -2.31. The zero-order valence-corrected chi connectivity index (χ0v) is 13.5. The maximum absolute atomic E-state index is 12.8. The van der Waals surface area contributed by atoms with Crippen LogP contribution < -0.4 is 4.74 Å². The number of sulfonamides is 1. The van der Waals surface area contributed by atoms with Gasteiger partial charge in [0.15, 0.2) is 0 Å². The first-order chi connectivity index (χ1) is 9.77. The summed E-state index contributed by atoms with van der Waals surface area (Å²) in [5.74, 6) is 0.108. The molecule has 0 aromatic heterocycles. The fraction of sp³-hybridized carbons (Fsp3) is 0.500. The van der Waals surface area contributed by atoms with Crippen molar-refractivity contribution in [1.29, 1.82) is 0 Å². The van der Waals surface area contributed by atoms with Crippen molar-refractivity contribution in [3.8, 4) is 5.75 Å². The van der Waals surface area contributed by atoms with Gasteiger partial charge >= 0.3 is 0 Å². The summed E-state index contributed by atoms with van der Waals surface area (Å²) in [6.07, 6.45) is 0. The lowest BCUT2D eigenvalue weighted by Crippen LogP contribution is -2.50. The Hall–Kier alpha value is -1.60. The van der Waals surface area contributed by atoms with Crippen molar-refractivity contribution in [2.75, 3.05) is 33.8 Å². The highest BCUT2D eigenvalue weighted by molar-refractivity contribution is 7.89. The minimum atomic E-state index is -3.74. The van der Waals surface area contributed by atoms with Gasteiger partial charge in [0.05, 0.1) is 13.7 Å². The third kappa shape index (κ3) is 2.89. The molecule has 1 fully saturated rings. The smallest absolute Gasteiger partial charge is 0.247 e. The molecule has 2 rings (SSSR count). The van der Waals surface area contributed by atoms with Crippen LogP contribution in [0.3, 0.4) is 0 Å². The Labute approximate surface area is 125 Å². The molecule has 116 valence electrons. The molecule has 0 radical (unpaired) electrons. The van der Waals surface area contributed by atoms with E-state index in [4.69, 9.17) is 4.74 Å². The van der Waals surface area contributed by atoms with Crippen LogP contribution in [0.1, 0.15) is 11.1 Å². The number of hydrogen-bond acceptors (Lipinski definition) is 4. The number of aryl methyl sites for hydroxylation is 2. The van der Waals surface area contributed by atoms with E-state index in [0.717, 1.165) is 11.1 Å². The SMILES string of the molecule is COc1cc(C)c(C)cc1S(=O)(=O)N1CCN(C)C(=O)C1. The number of methoxy groups -OCH3 is 1. The number of nitrogens with zero attached hydrogens (tertiary/aromatic N) is 2. The van der Waals surface area contributed by atoms with E-state index in [2.05, 4.69) is 0 Å². The summed E-state index contributed by atoms with van der Waals surface area (Å²) in [5, 5.41) is 0. The summed E-state index contributed by atoms with van der Waals surface area (Å²) < 4.78 is 31.9. The Morgan fingerprint density at radius 2 is 1.76 bits per heavy atom. The Balaban J connectivity index is 2.45. The zero-order valence-electron chi connectivity index (χ0n) is 12.7. The number of amides is 1. The topological polar surface area (TPSA) is 66.9 Å². The van der Waals surface area contributed by atoms with Gasteiger partial charge in [-0.05, 0) is 37.1 Å². The van der Waals surface area contributed by atoms with E-state index in [1.807, 2.05) is 13.8 Å². The van der Waals surface area contributed by atoms with Gasteiger partial charge in [-0.1, -0.05) is 0 Å². The first kappa shape index (κ1) is 15.8. The van der Waals surface area contributed by atoms with Gasteiger partial charge in [-0.25, -0.2) is 8.42 Å². The predicted octanol–water partition coefficient (Wildman–Crippen LogP) is 0.775. The molecule has 21 heavy (non-hydrogen) atoms. The van der Waals surface area contributed by atoms with Crippen molar-refractivity contribution in [2.24, 2.45) is 0 Å². The van der Waals surface area contributed by atoms with E-state index < -0.39 is 10.0 Å². The highest BCUT2D eigenvalue weighted by atomic mass is 32.2. The Kier molecular flexibility index (Phi) is 4.25. The van der Waals surface area contributed by atoms with Crippen molar-refractivity contribution >= 4 is 15.9 Å². The molecule has 1 aromatic rings. The van der Waals surface area contributed by atoms with E-state index in [1.165, 1.54) is 16.3 Å². The summed E-state index contributed by atoms with van der Waals surface area (Å²) in [4.78, 5) is 13.4. The largest absolute Gasteiger partial charge is 0.495 e. The molecule has 1 heterocycles. The second-order valence-corrected chi connectivity index (χ2v) is 7.15. The molecule has 1 aliphatic rings. The van der Waals surface area contributed by atoms with Gasteiger partial charge in [0.1, 0.15) is 10.6 Å². The van der Waals surface area contributed by atoms with Crippen LogP contribution in [0.25, 0.3) is 0 Å². The molecule has 0 unspecified atom stereocenters. The number of carbonyl (C=O) groups excluding carboxylic acids is 1. The lowest BCUT2D eigenvalue weighted by atomic mass is 10.1. The number of rotatable bonds is 3. The minimum Gasteiger partial charge on any atom is -0.495 e. The lowest BCUT2D eigenvalue weighted by molar-refractivity contribution is -0.132.